The van der Waals surface area contributed by atoms with Crippen LogP contribution in [0.5, 0.6) is 5.75 Å². The number of benzene rings is 1. The molecule has 0 fully saturated rings. The van der Waals surface area contributed by atoms with Crippen molar-refractivity contribution in [3.8, 4) is 5.75 Å². The molecule has 0 atom stereocenters. The lowest BCUT2D eigenvalue weighted by molar-refractivity contribution is 0.362. The number of rotatable bonds is 4. The number of hydrogen-bond donors (Lipinski definition) is 0. The van der Waals surface area contributed by atoms with E-state index in [1.54, 1.807) is 19.1 Å². The molecule has 3 nitrogen and oxygen atoms in total. The Labute approximate surface area is 100 Å². The van der Waals surface area contributed by atoms with Gasteiger partial charge in [0.25, 0.3) is 9.05 Å². The lowest BCUT2D eigenvalue weighted by Crippen LogP contribution is -1.97. The van der Waals surface area contributed by atoms with Gasteiger partial charge >= 0.3 is 0 Å². The summed E-state index contributed by atoms with van der Waals surface area (Å²) in [6.45, 7) is 4.04. The van der Waals surface area contributed by atoms with E-state index in [2.05, 4.69) is 0 Å². The Morgan fingerprint density at radius 2 is 2.12 bits per heavy atom. The third kappa shape index (κ3) is 3.54. The van der Waals surface area contributed by atoms with Crippen molar-refractivity contribution in [2.24, 2.45) is 0 Å². The highest BCUT2D eigenvalue weighted by atomic mass is 35.7. The molecule has 0 aliphatic carbocycles. The molecule has 0 heterocycles. The first-order valence-electron chi connectivity index (χ1n) is 4.74. The van der Waals surface area contributed by atoms with Gasteiger partial charge in [0.15, 0.2) is 0 Å². The van der Waals surface area contributed by atoms with Gasteiger partial charge in [-0.05, 0) is 37.6 Å². The van der Waals surface area contributed by atoms with Crippen LogP contribution in [0.1, 0.15) is 12.5 Å². The molecule has 0 bridgehead atoms. The molecule has 5 heteroatoms. The average Bonchev–Trinajstić information content (AvgIpc) is 2.16. The summed E-state index contributed by atoms with van der Waals surface area (Å²) in [7, 11) is 1.59. The van der Waals surface area contributed by atoms with Crippen molar-refractivity contribution in [1.29, 1.82) is 0 Å². The summed E-state index contributed by atoms with van der Waals surface area (Å²) in [6.07, 6.45) is 3.74. The van der Waals surface area contributed by atoms with Gasteiger partial charge in [0.2, 0.25) is 0 Å². The maximum Gasteiger partial charge on any atom is 0.261 e. The van der Waals surface area contributed by atoms with Gasteiger partial charge < -0.3 is 4.74 Å². The molecule has 88 valence electrons. The van der Waals surface area contributed by atoms with Crippen LogP contribution < -0.4 is 4.74 Å². The van der Waals surface area contributed by atoms with Gasteiger partial charge in [-0.1, -0.05) is 12.2 Å². The fourth-order valence-corrected chi connectivity index (χ4v) is 2.42. The van der Waals surface area contributed by atoms with Crippen molar-refractivity contribution in [2.45, 2.75) is 18.7 Å². The molecule has 1 aromatic rings. The van der Waals surface area contributed by atoms with E-state index in [0.29, 0.717) is 17.9 Å². The van der Waals surface area contributed by atoms with Crippen LogP contribution in [0, 0.1) is 6.92 Å². The Hall–Kier alpha value is -1.00. The van der Waals surface area contributed by atoms with Gasteiger partial charge in [0.05, 0.1) is 4.90 Å². The molecule has 0 aromatic heterocycles. The number of halogens is 1. The van der Waals surface area contributed by atoms with E-state index in [0.717, 1.165) is 0 Å². The smallest absolute Gasteiger partial charge is 0.261 e. The summed E-state index contributed by atoms with van der Waals surface area (Å²) in [5, 5.41) is 0. The average molecular weight is 261 g/mol. The zero-order chi connectivity index (χ0) is 12.2. The SMILES string of the molecule is C/C=C/COc1ccc(S(=O)(=O)Cl)c(C)c1. The first-order chi connectivity index (χ1) is 7.45. The lowest BCUT2D eigenvalue weighted by Gasteiger charge is -2.06. The monoisotopic (exact) mass is 260 g/mol. The predicted molar refractivity (Wildman–Crippen MR) is 64.5 cm³/mol. The van der Waals surface area contributed by atoms with E-state index in [1.165, 1.54) is 6.07 Å². The van der Waals surface area contributed by atoms with Crippen LogP contribution in [0.15, 0.2) is 35.2 Å². The first-order valence-corrected chi connectivity index (χ1v) is 7.05. The molecule has 0 amide bonds. The van der Waals surface area contributed by atoms with Gasteiger partial charge in [-0.25, -0.2) is 8.42 Å². The highest BCUT2D eigenvalue weighted by Gasteiger charge is 2.13. The lowest BCUT2D eigenvalue weighted by atomic mass is 10.2. The zero-order valence-electron chi connectivity index (χ0n) is 9.10. The van der Waals surface area contributed by atoms with Crippen LogP contribution in [0.4, 0.5) is 0 Å². The summed E-state index contributed by atoms with van der Waals surface area (Å²) in [4.78, 5) is 0.118. The molecule has 0 spiro atoms. The minimum atomic E-state index is -3.67. The predicted octanol–water partition coefficient (Wildman–Crippen LogP) is 2.88. The summed E-state index contributed by atoms with van der Waals surface area (Å²) in [6, 6.07) is 4.69. The van der Waals surface area contributed by atoms with Gasteiger partial charge in [0, 0.05) is 10.7 Å². The third-order valence-corrected chi connectivity index (χ3v) is 3.47. The molecule has 0 saturated carbocycles. The molecule has 0 radical (unpaired) electrons. The molecule has 0 saturated heterocycles. The van der Waals surface area contributed by atoms with E-state index in [1.807, 2.05) is 19.1 Å². The van der Waals surface area contributed by atoms with Crippen LogP contribution in [-0.2, 0) is 9.05 Å². The Morgan fingerprint density at radius 1 is 1.44 bits per heavy atom. The van der Waals surface area contributed by atoms with Gasteiger partial charge in [-0.2, -0.15) is 0 Å². The highest BCUT2D eigenvalue weighted by Crippen LogP contribution is 2.23. The fourth-order valence-electron chi connectivity index (χ4n) is 1.23. The van der Waals surface area contributed by atoms with E-state index >= 15 is 0 Å². The number of allylic oxidation sites excluding steroid dienone is 1. The fraction of sp³-hybridized carbons (Fsp3) is 0.273. The standard InChI is InChI=1S/C11H13ClO3S/c1-3-4-7-15-10-5-6-11(9(2)8-10)16(12,13)14/h3-6,8H,7H2,1-2H3/b4-3+. The van der Waals surface area contributed by atoms with Crippen molar-refractivity contribution in [3.05, 3.63) is 35.9 Å². The van der Waals surface area contributed by atoms with Crippen LogP contribution in [0.25, 0.3) is 0 Å². The Kier molecular flexibility index (Phi) is 4.38. The molecule has 0 unspecified atom stereocenters. The Bertz CT molecular complexity index is 492. The normalized spacial score (nSPS) is 11.9. The maximum absolute atomic E-state index is 11.1. The molecule has 1 rings (SSSR count). The summed E-state index contributed by atoms with van der Waals surface area (Å²) in [5.41, 5.74) is 0.577. The summed E-state index contributed by atoms with van der Waals surface area (Å²) >= 11 is 0. The second-order valence-electron chi connectivity index (χ2n) is 3.25. The first kappa shape index (κ1) is 13.1. The molecular weight excluding hydrogens is 248 g/mol. The molecule has 0 N–H and O–H groups in total. The van der Waals surface area contributed by atoms with E-state index in [4.69, 9.17) is 15.4 Å². The summed E-state index contributed by atoms with van der Waals surface area (Å²) < 4.78 is 27.6. The number of hydrogen-bond acceptors (Lipinski definition) is 3. The van der Waals surface area contributed by atoms with Crippen LogP contribution in [0.3, 0.4) is 0 Å². The van der Waals surface area contributed by atoms with Crippen molar-refractivity contribution in [3.63, 3.8) is 0 Å². The highest BCUT2D eigenvalue weighted by molar-refractivity contribution is 8.13. The van der Waals surface area contributed by atoms with Crippen molar-refractivity contribution < 1.29 is 13.2 Å². The van der Waals surface area contributed by atoms with E-state index in [-0.39, 0.29) is 4.90 Å². The van der Waals surface area contributed by atoms with Gasteiger partial charge in [-0.3, -0.25) is 0 Å². The topological polar surface area (TPSA) is 43.4 Å². The Balaban J connectivity index is 2.92. The maximum atomic E-state index is 11.1. The molecular formula is C11H13ClO3S. The minimum absolute atomic E-state index is 0.118. The largest absolute Gasteiger partial charge is 0.490 e. The molecule has 0 aliphatic heterocycles. The summed E-state index contributed by atoms with van der Waals surface area (Å²) in [5.74, 6) is 0.625. The molecule has 16 heavy (non-hydrogen) atoms. The zero-order valence-corrected chi connectivity index (χ0v) is 10.7. The number of aryl methyl sites for hydroxylation is 1. The molecule has 1 aromatic carbocycles. The van der Waals surface area contributed by atoms with Crippen molar-refractivity contribution in [2.75, 3.05) is 6.61 Å². The third-order valence-electron chi connectivity index (χ3n) is 1.99. The second-order valence-corrected chi connectivity index (χ2v) is 5.78. The van der Waals surface area contributed by atoms with Gasteiger partial charge in [0.1, 0.15) is 12.4 Å². The quantitative estimate of drug-likeness (QED) is 0.618. The van der Waals surface area contributed by atoms with E-state index < -0.39 is 9.05 Å². The van der Waals surface area contributed by atoms with Crippen molar-refractivity contribution in [1.82, 2.24) is 0 Å². The second kappa shape index (κ2) is 5.37. The van der Waals surface area contributed by atoms with Crippen LogP contribution in [-0.4, -0.2) is 15.0 Å². The van der Waals surface area contributed by atoms with Gasteiger partial charge in [-0.15, -0.1) is 0 Å². The number of ether oxygens (including phenoxy) is 1. The van der Waals surface area contributed by atoms with E-state index in [9.17, 15) is 8.42 Å². The molecule has 0 aliphatic rings. The Morgan fingerprint density at radius 3 is 2.62 bits per heavy atom. The van der Waals surface area contributed by atoms with Crippen LogP contribution >= 0.6 is 10.7 Å². The van der Waals surface area contributed by atoms with Crippen LogP contribution in [0.2, 0.25) is 0 Å². The van der Waals surface area contributed by atoms with Crippen molar-refractivity contribution >= 4 is 19.7 Å². The minimum Gasteiger partial charge on any atom is -0.490 e.